The molecule has 1 saturated carbocycles. The summed E-state index contributed by atoms with van der Waals surface area (Å²) < 4.78 is 39.0. The first-order valence-electron chi connectivity index (χ1n) is 6.56. The van der Waals surface area contributed by atoms with E-state index in [1.807, 2.05) is 0 Å². The minimum atomic E-state index is -4.33. The van der Waals surface area contributed by atoms with Crippen LogP contribution in [0.2, 0.25) is 0 Å². The summed E-state index contributed by atoms with van der Waals surface area (Å²) in [6, 6.07) is 5.62. The Morgan fingerprint density at radius 2 is 1.79 bits per heavy atom. The van der Waals surface area contributed by atoms with Crippen LogP contribution in [-0.2, 0) is 6.18 Å². The largest absolute Gasteiger partial charge is 0.418 e. The molecule has 2 nitrogen and oxygen atoms in total. The lowest BCUT2D eigenvalue weighted by Crippen LogP contribution is -2.48. The number of para-hydroxylation sites is 1. The van der Waals surface area contributed by atoms with E-state index in [1.54, 1.807) is 18.0 Å². The minimum absolute atomic E-state index is 0.0164. The predicted octanol–water partition coefficient (Wildman–Crippen LogP) is 3.41. The maximum Gasteiger partial charge on any atom is 0.418 e. The van der Waals surface area contributed by atoms with E-state index in [2.05, 4.69) is 0 Å². The number of alkyl halides is 3. The molecule has 5 heteroatoms. The summed E-state index contributed by atoms with van der Waals surface area (Å²) in [5.74, 6) is 0. The average molecular weight is 272 g/mol. The van der Waals surface area contributed by atoms with Gasteiger partial charge in [-0.15, -0.1) is 0 Å². The number of hydrogen-bond acceptors (Lipinski definition) is 2. The maximum atomic E-state index is 13.0. The molecule has 2 unspecified atom stereocenters. The Hall–Kier alpha value is -1.23. The molecular formula is C14H19F3N2. The van der Waals surface area contributed by atoms with Gasteiger partial charge in [0.05, 0.1) is 5.56 Å². The molecule has 19 heavy (non-hydrogen) atoms. The molecule has 2 atom stereocenters. The fourth-order valence-corrected chi connectivity index (χ4v) is 2.82. The van der Waals surface area contributed by atoms with Gasteiger partial charge in [-0.3, -0.25) is 0 Å². The van der Waals surface area contributed by atoms with E-state index >= 15 is 0 Å². The zero-order chi connectivity index (χ0) is 14.0. The zero-order valence-corrected chi connectivity index (χ0v) is 11.0. The van der Waals surface area contributed by atoms with Gasteiger partial charge in [0.1, 0.15) is 0 Å². The molecule has 1 aromatic rings. The Bertz CT molecular complexity index is 431. The van der Waals surface area contributed by atoms with Crippen LogP contribution in [0.3, 0.4) is 0 Å². The first-order chi connectivity index (χ1) is 8.91. The van der Waals surface area contributed by atoms with Gasteiger partial charge in [-0.25, -0.2) is 0 Å². The second-order valence-corrected chi connectivity index (χ2v) is 5.14. The van der Waals surface area contributed by atoms with Crippen LogP contribution in [-0.4, -0.2) is 19.1 Å². The summed E-state index contributed by atoms with van der Waals surface area (Å²) in [7, 11) is 1.71. The highest BCUT2D eigenvalue weighted by atomic mass is 19.4. The van der Waals surface area contributed by atoms with E-state index in [4.69, 9.17) is 5.73 Å². The van der Waals surface area contributed by atoms with Crippen LogP contribution in [0, 0.1) is 0 Å². The highest BCUT2D eigenvalue weighted by Gasteiger charge is 2.36. The van der Waals surface area contributed by atoms with E-state index in [-0.39, 0.29) is 17.8 Å². The van der Waals surface area contributed by atoms with Crippen LogP contribution < -0.4 is 10.6 Å². The molecule has 0 amide bonds. The van der Waals surface area contributed by atoms with Crippen molar-refractivity contribution in [2.75, 3.05) is 11.9 Å². The molecule has 0 spiro atoms. The number of likely N-dealkylation sites (N-methyl/N-ethyl adjacent to an activating group) is 1. The van der Waals surface area contributed by atoms with Crippen molar-refractivity contribution in [3.63, 3.8) is 0 Å². The van der Waals surface area contributed by atoms with E-state index in [1.165, 1.54) is 12.1 Å². The predicted molar refractivity (Wildman–Crippen MR) is 70.1 cm³/mol. The third kappa shape index (κ3) is 3.03. The van der Waals surface area contributed by atoms with Crippen molar-refractivity contribution in [2.24, 2.45) is 5.73 Å². The minimum Gasteiger partial charge on any atom is -0.370 e. The van der Waals surface area contributed by atoms with E-state index in [9.17, 15) is 13.2 Å². The van der Waals surface area contributed by atoms with E-state index < -0.39 is 11.7 Å². The Morgan fingerprint density at radius 3 is 2.42 bits per heavy atom. The number of benzene rings is 1. The van der Waals surface area contributed by atoms with Crippen molar-refractivity contribution in [3.05, 3.63) is 29.8 Å². The lowest BCUT2D eigenvalue weighted by atomic mass is 9.89. The SMILES string of the molecule is CN(c1ccccc1C(F)(F)F)C1CCCCC1N. The lowest BCUT2D eigenvalue weighted by molar-refractivity contribution is -0.137. The van der Waals surface area contributed by atoms with Crippen LogP contribution in [0.25, 0.3) is 0 Å². The first-order valence-corrected chi connectivity index (χ1v) is 6.56. The van der Waals surface area contributed by atoms with Crippen molar-refractivity contribution < 1.29 is 13.2 Å². The van der Waals surface area contributed by atoms with Crippen LogP contribution >= 0.6 is 0 Å². The number of nitrogens with two attached hydrogens (primary N) is 1. The van der Waals surface area contributed by atoms with Crippen LogP contribution in [0.1, 0.15) is 31.2 Å². The smallest absolute Gasteiger partial charge is 0.370 e. The Labute approximate surface area is 111 Å². The molecule has 0 saturated heterocycles. The van der Waals surface area contributed by atoms with Gasteiger partial charge in [0.15, 0.2) is 0 Å². The maximum absolute atomic E-state index is 13.0. The van der Waals surface area contributed by atoms with Crippen molar-refractivity contribution in [2.45, 2.75) is 43.9 Å². The summed E-state index contributed by atoms with van der Waals surface area (Å²) >= 11 is 0. The third-order valence-corrected chi connectivity index (χ3v) is 3.87. The fourth-order valence-electron chi connectivity index (χ4n) is 2.82. The molecule has 0 aliphatic heterocycles. The van der Waals surface area contributed by atoms with Gasteiger partial charge >= 0.3 is 6.18 Å². The quantitative estimate of drug-likeness (QED) is 0.894. The molecule has 106 valence electrons. The highest BCUT2D eigenvalue weighted by Crippen LogP contribution is 2.37. The van der Waals surface area contributed by atoms with E-state index in [0.29, 0.717) is 0 Å². The van der Waals surface area contributed by atoms with Gasteiger partial charge < -0.3 is 10.6 Å². The van der Waals surface area contributed by atoms with Crippen LogP contribution in [0.15, 0.2) is 24.3 Å². The molecular weight excluding hydrogens is 253 g/mol. The summed E-state index contributed by atoms with van der Waals surface area (Å²) in [6.45, 7) is 0. The molecule has 1 aliphatic carbocycles. The summed E-state index contributed by atoms with van der Waals surface area (Å²) in [4.78, 5) is 1.70. The second-order valence-electron chi connectivity index (χ2n) is 5.14. The molecule has 0 radical (unpaired) electrons. The number of halogens is 3. The molecule has 2 N–H and O–H groups in total. The van der Waals surface area contributed by atoms with Gasteiger partial charge in [-0.2, -0.15) is 13.2 Å². The summed E-state index contributed by atoms with van der Waals surface area (Å²) in [5.41, 5.74) is 5.69. The lowest BCUT2D eigenvalue weighted by Gasteiger charge is -2.38. The monoisotopic (exact) mass is 272 g/mol. The van der Waals surface area contributed by atoms with Crippen molar-refractivity contribution >= 4 is 5.69 Å². The first kappa shape index (κ1) is 14.2. The van der Waals surface area contributed by atoms with Gasteiger partial charge in [-0.1, -0.05) is 25.0 Å². The molecule has 0 aromatic heterocycles. The Balaban J connectivity index is 2.30. The molecule has 2 rings (SSSR count). The summed E-state index contributed by atoms with van der Waals surface area (Å²) in [6.07, 6.45) is -0.514. The van der Waals surface area contributed by atoms with Gasteiger partial charge in [-0.05, 0) is 25.0 Å². The molecule has 1 aromatic carbocycles. The zero-order valence-electron chi connectivity index (χ0n) is 11.0. The average Bonchev–Trinajstić information content (AvgIpc) is 2.37. The second kappa shape index (κ2) is 5.41. The third-order valence-electron chi connectivity index (χ3n) is 3.87. The molecule has 0 bridgehead atoms. The highest BCUT2D eigenvalue weighted by molar-refractivity contribution is 5.55. The number of nitrogens with zero attached hydrogens (tertiary/aromatic N) is 1. The van der Waals surface area contributed by atoms with Crippen molar-refractivity contribution in [1.82, 2.24) is 0 Å². The molecule has 1 fully saturated rings. The van der Waals surface area contributed by atoms with E-state index in [0.717, 1.165) is 31.7 Å². The summed E-state index contributed by atoms with van der Waals surface area (Å²) in [5, 5.41) is 0. The normalized spacial score (nSPS) is 24.3. The van der Waals surface area contributed by atoms with Gasteiger partial charge in [0.2, 0.25) is 0 Å². The standard InChI is InChI=1S/C14H19F3N2/c1-19(13-9-5-3-7-11(13)18)12-8-4-2-6-10(12)14(15,16)17/h2,4,6,8,11,13H,3,5,7,9,18H2,1H3. The Morgan fingerprint density at radius 1 is 1.16 bits per heavy atom. The van der Waals surface area contributed by atoms with Crippen LogP contribution in [0.5, 0.6) is 0 Å². The van der Waals surface area contributed by atoms with Gasteiger partial charge in [0.25, 0.3) is 0 Å². The van der Waals surface area contributed by atoms with Crippen molar-refractivity contribution in [3.8, 4) is 0 Å². The Kier molecular flexibility index (Phi) is 4.04. The van der Waals surface area contributed by atoms with Gasteiger partial charge in [0, 0.05) is 24.8 Å². The number of hydrogen-bond donors (Lipinski definition) is 1. The topological polar surface area (TPSA) is 29.3 Å². The van der Waals surface area contributed by atoms with Crippen LogP contribution in [0.4, 0.5) is 18.9 Å². The molecule has 0 heterocycles. The fraction of sp³-hybridized carbons (Fsp3) is 0.571. The number of anilines is 1. The number of rotatable bonds is 2. The van der Waals surface area contributed by atoms with Crippen molar-refractivity contribution in [1.29, 1.82) is 0 Å². The molecule has 1 aliphatic rings.